The van der Waals surface area contributed by atoms with E-state index in [1.807, 2.05) is 0 Å². The average molecular weight is 621 g/mol. The Morgan fingerprint density at radius 3 is 1.05 bits per heavy atom. The molecular formula is C39H72O5. The fourth-order valence-corrected chi connectivity index (χ4v) is 5.25. The second-order valence-corrected chi connectivity index (χ2v) is 12.7. The highest BCUT2D eigenvalue weighted by Crippen LogP contribution is 2.13. The molecule has 0 rings (SSSR count). The van der Waals surface area contributed by atoms with Gasteiger partial charge in [0.15, 0.2) is 0 Å². The Hall–Kier alpha value is -1.62. The van der Waals surface area contributed by atoms with Gasteiger partial charge in [-0.3, -0.25) is 9.59 Å². The predicted octanol–water partition coefficient (Wildman–Crippen LogP) is 11.5. The van der Waals surface area contributed by atoms with Crippen molar-refractivity contribution in [2.45, 2.75) is 200 Å². The molecule has 0 aliphatic heterocycles. The third-order valence-electron chi connectivity index (χ3n) is 8.16. The van der Waals surface area contributed by atoms with Crippen molar-refractivity contribution in [1.29, 1.82) is 0 Å². The summed E-state index contributed by atoms with van der Waals surface area (Å²) >= 11 is 0. The highest BCUT2D eigenvalue weighted by Gasteiger charge is 2.12. The van der Waals surface area contributed by atoms with Gasteiger partial charge in [0, 0.05) is 12.8 Å². The van der Waals surface area contributed by atoms with Crippen molar-refractivity contribution in [2.75, 3.05) is 13.2 Å². The van der Waals surface area contributed by atoms with Crippen molar-refractivity contribution in [3.63, 3.8) is 0 Å². The van der Waals surface area contributed by atoms with Gasteiger partial charge in [-0.1, -0.05) is 141 Å². The number of hydrogen-bond donors (Lipinski definition) is 1. The number of carbonyl (C=O) groups excluding carboxylic acids is 2. The molecule has 0 atom stereocenters. The zero-order valence-corrected chi connectivity index (χ0v) is 29.2. The van der Waals surface area contributed by atoms with Crippen LogP contribution in [0.25, 0.3) is 0 Å². The summed E-state index contributed by atoms with van der Waals surface area (Å²) < 4.78 is 10.3. The number of hydrogen-bond acceptors (Lipinski definition) is 5. The molecule has 0 saturated carbocycles. The standard InChI is InChI=1S/C39H72O5/c1-3-5-7-9-11-13-15-17-19-21-23-25-27-29-31-33-38(41)43-35-37(40)36-44-39(42)34-32-30-28-26-24-22-20-18-16-14-12-10-8-6-4-2/h13-16,37,40H,3-12,17-36H2,1-2H3/b15-13-,16-14-. The third kappa shape index (κ3) is 34.9. The molecule has 5 nitrogen and oxygen atoms in total. The summed E-state index contributed by atoms with van der Waals surface area (Å²) in [5.41, 5.74) is 0. The summed E-state index contributed by atoms with van der Waals surface area (Å²) in [6.07, 6.45) is 40.8. The first-order valence-corrected chi connectivity index (χ1v) is 18.9. The molecule has 0 aromatic carbocycles. The van der Waals surface area contributed by atoms with Gasteiger partial charge in [-0.25, -0.2) is 0 Å². The lowest BCUT2D eigenvalue weighted by Crippen LogP contribution is -2.25. The Bertz CT molecular complexity index is 615. The summed E-state index contributed by atoms with van der Waals surface area (Å²) in [4.78, 5) is 23.9. The maximum atomic E-state index is 11.9. The number of ether oxygens (including phenoxy) is 2. The number of unbranched alkanes of at least 4 members (excludes halogenated alkanes) is 22. The van der Waals surface area contributed by atoms with Crippen LogP contribution in [0.2, 0.25) is 0 Å². The zero-order valence-electron chi connectivity index (χ0n) is 29.2. The van der Waals surface area contributed by atoms with E-state index in [2.05, 4.69) is 38.2 Å². The lowest BCUT2D eigenvalue weighted by atomic mass is 10.1. The largest absolute Gasteiger partial charge is 0.463 e. The van der Waals surface area contributed by atoms with Crippen molar-refractivity contribution in [2.24, 2.45) is 0 Å². The van der Waals surface area contributed by atoms with Crippen LogP contribution >= 0.6 is 0 Å². The van der Waals surface area contributed by atoms with E-state index in [1.54, 1.807) is 0 Å². The summed E-state index contributed by atoms with van der Waals surface area (Å²) in [5, 5.41) is 9.99. The molecule has 0 aromatic rings. The van der Waals surface area contributed by atoms with Gasteiger partial charge in [0.05, 0.1) is 0 Å². The highest BCUT2D eigenvalue weighted by molar-refractivity contribution is 5.69. The maximum Gasteiger partial charge on any atom is 0.305 e. The number of rotatable bonds is 34. The number of allylic oxidation sites excluding steroid dienone is 4. The lowest BCUT2D eigenvalue weighted by molar-refractivity contribution is -0.152. The molecule has 0 amide bonds. The van der Waals surface area contributed by atoms with Crippen molar-refractivity contribution in [1.82, 2.24) is 0 Å². The molecule has 258 valence electrons. The van der Waals surface area contributed by atoms with Crippen LogP contribution in [0.15, 0.2) is 24.3 Å². The average Bonchev–Trinajstić information content (AvgIpc) is 3.02. The highest BCUT2D eigenvalue weighted by atomic mass is 16.6. The summed E-state index contributed by atoms with van der Waals surface area (Å²) in [5.74, 6) is -0.572. The van der Waals surface area contributed by atoms with E-state index in [4.69, 9.17) is 9.47 Å². The molecule has 0 spiro atoms. The van der Waals surface area contributed by atoms with E-state index in [1.165, 1.54) is 128 Å². The Labute approximate surface area is 273 Å². The van der Waals surface area contributed by atoms with Crippen molar-refractivity contribution < 1.29 is 24.2 Å². The van der Waals surface area contributed by atoms with Gasteiger partial charge in [-0.15, -0.1) is 0 Å². The number of aliphatic hydroxyl groups is 1. The van der Waals surface area contributed by atoms with E-state index in [-0.39, 0.29) is 25.2 Å². The molecule has 0 aromatic heterocycles. The molecule has 44 heavy (non-hydrogen) atoms. The molecule has 0 bridgehead atoms. The molecule has 0 aliphatic rings. The maximum absolute atomic E-state index is 11.9. The van der Waals surface area contributed by atoms with Crippen LogP contribution in [-0.2, 0) is 19.1 Å². The first kappa shape index (κ1) is 42.4. The summed E-state index contributed by atoms with van der Waals surface area (Å²) in [6, 6.07) is 0. The summed E-state index contributed by atoms with van der Waals surface area (Å²) in [7, 11) is 0. The minimum atomic E-state index is -0.963. The fraction of sp³-hybridized carbons (Fsp3) is 0.846. The Morgan fingerprint density at radius 2 is 0.727 bits per heavy atom. The number of esters is 2. The Morgan fingerprint density at radius 1 is 0.455 bits per heavy atom. The van der Waals surface area contributed by atoms with Gasteiger partial charge in [0.2, 0.25) is 0 Å². The molecule has 0 fully saturated rings. The number of aliphatic hydroxyl groups excluding tert-OH is 1. The zero-order chi connectivity index (χ0) is 32.2. The van der Waals surface area contributed by atoms with Crippen LogP contribution in [0.3, 0.4) is 0 Å². The van der Waals surface area contributed by atoms with Gasteiger partial charge in [-0.05, 0) is 64.2 Å². The molecule has 5 heteroatoms. The minimum absolute atomic E-state index is 0.117. The molecule has 0 saturated heterocycles. The third-order valence-corrected chi connectivity index (χ3v) is 8.16. The van der Waals surface area contributed by atoms with Crippen molar-refractivity contribution in [3.05, 3.63) is 24.3 Å². The topological polar surface area (TPSA) is 72.8 Å². The van der Waals surface area contributed by atoms with Crippen LogP contribution in [0.1, 0.15) is 194 Å². The molecule has 0 unspecified atom stereocenters. The second-order valence-electron chi connectivity index (χ2n) is 12.7. The fourth-order valence-electron chi connectivity index (χ4n) is 5.25. The lowest BCUT2D eigenvalue weighted by Gasteiger charge is -2.12. The van der Waals surface area contributed by atoms with Crippen LogP contribution in [0.4, 0.5) is 0 Å². The molecule has 1 N–H and O–H groups in total. The van der Waals surface area contributed by atoms with E-state index in [0.717, 1.165) is 38.5 Å². The second kappa shape index (κ2) is 35.9. The smallest absolute Gasteiger partial charge is 0.305 e. The van der Waals surface area contributed by atoms with E-state index in [9.17, 15) is 14.7 Å². The van der Waals surface area contributed by atoms with E-state index >= 15 is 0 Å². The first-order valence-electron chi connectivity index (χ1n) is 18.9. The van der Waals surface area contributed by atoms with Gasteiger partial charge >= 0.3 is 11.9 Å². The molecule has 0 radical (unpaired) electrons. The normalized spacial score (nSPS) is 11.7. The molecular weight excluding hydrogens is 548 g/mol. The number of carbonyl (C=O) groups is 2. The summed E-state index contributed by atoms with van der Waals surface area (Å²) in [6.45, 7) is 4.27. The van der Waals surface area contributed by atoms with Crippen LogP contribution in [0, 0.1) is 0 Å². The minimum Gasteiger partial charge on any atom is -0.463 e. The quantitative estimate of drug-likeness (QED) is 0.0440. The molecule has 0 heterocycles. The van der Waals surface area contributed by atoms with Crippen LogP contribution < -0.4 is 0 Å². The van der Waals surface area contributed by atoms with Gasteiger partial charge < -0.3 is 14.6 Å². The SMILES string of the molecule is CCCCCC/C=C\CCCCCCCCCC(=O)OCC(O)COC(=O)CCCCCCCCC/C=C\CCCCCC. The van der Waals surface area contributed by atoms with Gasteiger partial charge in [-0.2, -0.15) is 0 Å². The van der Waals surface area contributed by atoms with Crippen LogP contribution in [-0.4, -0.2) is 36.4 Å². The Balaban J connectivity index is 3.43. The van der Waals surface area contributed by atoms with Gasteiger partial charge in [0.1, 0.15) is 19.3 Å². The monoisotopic (exact) mass is 621 g/mol. The van der Waals surface area contributed by atoms with Crippen molar-refractivity contribution >= 4 is 11.9 Å². The predicted molar refractivity (Wildman–Crippen MR) is 187 cm³/mol. The molecule has 0 aliphatic carbocycles. The first-order chi connectivity index (χ1) is 21.6. The van der Waals surface area contributed by atoms with Crippen LogP contribution in [0.5, 0.6) is 0 Å². The van der Waals surface area contributed by atoms with Gasteiger partial charge in [0.25, 0.3) is 0 Å². The van der Waals surface area contributed by atoms with Crippen molar-refractivity contribution in [3.8, 4) is 0 Å². The van der Waals surface area contributed by atoms with E-state index < -0.39 is 6.10 Å². The Kier molecular flexibility index (Phi) is 34.5. The van der Waals surface area contributed by atoms with E-state index in [0.29, 0.717) is 12.8 Å².